The molecular weight excluding hydrogens is 418 g/mol. The Labute approximate surface area is 180 Å². The zero-order chi connectivity index (χ0) is 21.0. The van der Waals surface area contributed by atoms with Crippen molar-refractivity contribution < 1.29 is 0 Å². The minimum Gasteiger partial charge on any atom is -0.324 e. The number of nitrogens with one attached hydrogen (secondary N) is 1. The lowest BCUT2D eigenvalue weighted by atomic mass is 10.1. The smallest absolute Gasteiger partial charge is 0.324 e. The summed E-state index contributed by atoms with van der Waals surface area (Å²) in [5.74, 6) is 2.86. The van der Waals surface area contributed by atoms with E-state index in [1.165, 1.54) is 23.2 Å². The normalized spacial score (nSPS) is 18.1. The second-order valence-electron chi connectivity index (χ2n) is 8.57. The van der Waals surface area contributed by atoms with Crippen LogP contribution in [0.15, 0.2) is 23.1 Å². The molecule has 0 radical (unpaired) electrons. The fourth-order valence-electron chi connectivity index (χ4n) is 4.13. The summed E-state index contributed by atoms with van der Waals surface area (Å²) in [4.78, 5) is 22.3. The summed E-state index contributed by atoms with van der Waals surface area (Å²) < 4.78 is 12.1. The largest absolute Gasteiger partial charge is 0.330 e. The number of rotatable bonds is 3. The van der Waals surface area contributed by atoms with Crippen molar-refractivity contribution in [2.24, 2.45) is 7.05 Å². The highest BCUT2D eigenvalue weighted by Gasteiger charge is 2.28. The highest BCUT2D eigenvalue weighted by atomic mass is 32.3. The van der Waals surface area contributed by atoms with Crippen LogP contribution in [0.25, 0.3) is 22.2 Å². The van der Waals surface area contributed by atoms with Crippen molar-refractivity contribution in [2.45, 2.75) is 25.8 Å². The molecule has 0 aliphatic carbocycles. The first-order valence-electron chi connectivity index (χ1n) is 9.95. The van der Waals surface area contributed by atoms with Crippen molar-refractivity contribution in [3.63, 3.8) is 0 Å². The van der Waals surface area contributed by atoms with Crippen LogP contribution in [0.5, 0.6) is 0 Å². The Morgan fingerprint density at radius 3 is 2.60 bits per heavy atom. The average Bonchev–Trinajstić information content (AvgIpc) is 3.25. The van der Waals surface area contributed by atoms with E-state index >= 15 is 0 Å². The van der Waals surface area contributed by atoms with E-state index in [9.17, 15) is 4.79 Å². The van der Waals surface area contributed by atoms with Crippen molar-refractivity contribution in [1.82, 2.24) is 27.8 Å². The van der Waals surface area contributed by atoms with E-state index in [4.69, 9.17) is 4.98 Å². The zero-order valence-electron chi connectivity index (χ0n) is 17.5. The minimum atomic E-state index is -0.527. The molecule has 0 spiro atoms. The summed E-state index contributed by atoms with van der Waals surface area (Å²) in [5, 5.41) is 3.31. The number of imidazole rings is 1. The van der Waals surface area contributed by atoms with Gasteiger partial charge in [-0.05, 0) is 61.5 Å². The Kier molecular flexibility index (Phi) is 4.59. The van der Waals surface area contributed by atoms with Crippen LogP contribution in [0.3, 0.4) is 0 Å². The Morgan fingerprint density at radius 2 is 1.87 bits per heavy atom. The van der Waals surface area contributed by atoms with Gasteiger partial charge in [-0.1, -0.05) is 0 Å². The second kappa shape index (κ2) is 7.05. The first kappa shape index (κ1) is 19.5. The molecular formula is C20H25N7OS2. The number of hydrogen-bond donors (Lipinski definition) is 1. The molecule has 1 N–H and O–H groups in total. The number of hydrogen-bond acceptors (Lipinski definition) is 7. The molecule has 0 amide bonds. The van der Waals surface area contributed by atoms with Crippen molar-refractivity contribution >= 4 is 55.6 Å². The maximum atomic E-state index is 13.0. The number of aromatic nitrogens is 6. The van der Waals surface area contributed by atoms with Gasteiger partial charge in [0.1, 0.15) is 16.6 Å². The van der Waals surface area contributed by atoms with Gasteiger partial charge in [-0.2, -0.15) is 13.7 Å². The fraction of sp³-hybridized carbons (Fsp3) is 0.450. The molecule has 1 fully saturated rings. The lowest BCUT2D eigenvalue weighted by Gasteiger charge is -2.39. The standard InChI is InChI=1S/C20H25N7OS2/c1-12-9-15-16(25-29-24-15)10-14(12)22-19-21-11-17-18(23-19)27(20(28)26(17)2)13-5-7-30(3,4)8-6-13/h9-11,13H,5-8H2,1-4H3,(H,21,22,23). The van der Waals surface area contributed by atoms with Crippen LogP contribution in [0.1, 0.15) is 24.4 Å². The average molecular weight is 444 g/mol. The molecule has 1 aliphatic heterocycles. The van der Waals surface area contributed by atoms with Crippen LogP contribution in [0.4, 0.5) is 11.6 Å². The summed E-state index contributed by atoms with van der Waals surface area (Å²) in [5.41, 5.74) is 5.12. The topological polar surface area (TPSA) is 90.5 Å². The van der Waals surface area contributed by atoms with Gasteiger partial charge >= 0.3 is 5.69 Å². The molecule has 10 heteroatoms. The molecule has 8 nitrogen and oxygen atoms in total. The predicted octanol–water partition coefficient (Wildman–Crippen LogP) is 3.59. The Hall–Kier alpha value is -2.46. The monoisotopic (exact) mass is 443 g/mol. The minimum absolute atomic E-state index is 0.0118. The van der Waals surface area contributed by atoms with Gasteiger partial charge in [-0.15, -0.1) is 0 Å². The lowest BCUT2D eigenvalue weighted by molar-refractivity contribution is 0.458. The highest BCUT2D eigenvalue weighted by Crippen LogP contribution is 2.47. The van der Waals surface area contributed by atoms with Crippen LogP contribution >= 0.6 is 21.8 Å². The van der Waals surface area contributed by atoms with Crippen molar-refractivity contribution in [3.8, 4) is 0 Å². The summed E-state index contributed by atoms with van der Waals surface area (Å²) in [7, 11) is 1.27. The van der Waals surface area contributed by atoms with Crippen LogP contribution in [0, 0.1) is 6.92 Å². The fourth-order valence-corrected chi connectivity index (χ4v) is 6.66. The number of aryl methyl sites for hydroxylation is 2. The van der Waals surface area contributed by atoms with Gasteiger partial charge in [0.05, 0.1) is 17.9 Å². The molecule has 30 heavy (non-hydrogen) atoms. The van der Waals surface area contributed by atoms with Gasteiger partial charge in [0.2, 0.25) is 5.95 Å². The maximum absolute atomic E-state index is 13.0. The third-order valence-corrected chi connectivity index (χ3v) is 9.29. The lowest BCUT2D eigenvalue weighted by Crippen LogP contribution is -2.31. The molecule has 4 heterocycles. The Morgan fingerprint density at radius 1 is 1.17 bits per heavy atom. The quantitative estimate of drug-likeness (QED) is 0.520. The molecule has 1 aromatic carbocycles. The third-order valence-electron chi connectivity index (χ3n) is 6.05. The van der Waals surface area contributed by atoms with Crippen molar-refractivity contribution in [3.05, 3.63) is 34.4 Å². The van der Waals surface area contributed by atoms with Gasteiger partial charge in [0.15, 0.2) is 5.65 Å². The second-order valence-corrected chi connectivity index (χ2v) is 13.4. The number of benzene rings is 1. The number of nitrogens with zero attached hydrogens (tertiary/aromatic N) is 6. The molecule has 0 saturated carbocycles. The zero-order valence-corrected chi connectivity index (χ0v) is 19.2. The van der Waals surface area contributed by atoms with Gasteiger partial charge in [0.25, 0.3) is 0 Å². The predicted molar refractivity (Wildman–Crippen MR) is 126 cm³/mol. The first-order chi connectivity index (χ1) is 14.3. The van der Waals surface area contributed by atoms with E-state index < -0.39 is 10.0 Å². The van der Waals surface area contributed by atoms with E-state index in [0.29, 0.717) is 11.6 Å². The molecule has 1 saturated heterocycles. The molecule has 3 aromatic heterocycles. The van der Waals surface area contributed by atoms with Crippen LogP contribution in [-0.2, 0) is 7.05 Å². The summed E-state index contributed by atoms with van der Waals surface area (Å²) in [6.07, 6.45) is 8.56. The molecule has 5 rings (SSSR count). The maximum Gasteiger partial charge on any atom is 0.330 e. The third kappa shape index (κ3) is 3.27. The van der Waals surface area contributed by atoms with Crippen molar-refractivity contribution in [1.29, 1.82) is 0 Å². The van der Waals surface area contributed by atoms with Gasteiger partial charge in [0, 0.05) is 18.8 Å². The molecule has 1 aliphatic rings. The van der Waals surface area contributed by atoms with E-state index in [1.54, 1.807) is 17.8 Å². The Balaban J connectivity index is 1.54. The van der Waals surface area contributed by atoms with Crippen molar-refractivity contribution in [2.75, 3.05) is 29.3 Å². The summed E-state index contributed by atoms with van der Waals surface area (Å²) in [6.45, 7) is 2.02. The molecule has 0 bridgehead atoms. The van der Waals surface area contributed by atoms with Crippen LogP contribution in [-0.4, -0.2) is 51.9 Å². The van der Waals surface area contributed by atoms with Crippen LogP contribution in [0.2, 0.25) is 0 Å². The van der Waals surface area contributed by atoms with E-state index in [2.05, 4.69) is 31.6 Å². The summed E-state index contributed by atoms with van der Waals surface area (Å²) in [6, 6.07) is 4.17. The van der Waals surface area contributed by atoms with Gasteiger partial charge in [-0.25, -0.2) is 19.8 Å². The van der Waals surface area contributed by atoms with Gasteiger partial charge in [-0.3, -0.25) is 9.13 Å². The molecule has 0 atom stereocenters. The Bertz CT molecular complexity index is 1310. The van der Waals surface area contributed by atoms with E-state index in [0.717, 1.165) is 40.6 Å². The summed E-state index contributed by atoms with van der Waals surface area (Å²) >= 11 is 1.20. The molecule has 0 unspecified atom stereocenters. The van der Waals surface area contributed by atoms with E-state index in [-0.39, 0.29) is 11.7 Å². The van der Waals surface area contributed by atoms with Gasteiger partial charge < -0.3 is 5.32 Å². The SMILES string of the molecule is Cc1cc2nsnc2cc1Nc1ncc2c(n1)n(C1CCS(C)(C)CC1)c(=O)n2C. The van der Waals surface area contributed by atoms with E-state index in [1.807, 2.05) is 23.6 Å². The number of fused-ring (bicyclic) bond motifs is 2. The molecule has 158 valence electrons. The first-order valence-corrected chi connectivity index (χ1v) is 13.5. The van der Waals surface area contributed by atoms with Crippen LogP contribution < -0.4 is 11.0 Å². The number of anilines is 2. The highest BCUT2D eigenvalue weighted by molar-refractivity contribution is 8.32. The molecule has 4 aromatic rings.